The number of halogens is 2. The highest BCUT2D eigenvalue weighted by Gasteiger charge is 2.38. The molecule has 0 fully saturated rings. The van der Waals surface area contributed by atoms with Crippen molar-refractivity contribution in [2.75, 3.05) is 19.1 Å². The summed E-state index contributed by atoms with van der Waals surface area (Å²) in [4.78, 5) is 27.1. The van der Waals surface area contributed by atoms with Gasteiger partial charge in [-0.3, -0.25) is 9.69 Å². The van der Waals surface area contributed by atoms with Crippen molar-refractivity contribution in [3.05, 3.63) is 74.9 Å². The Morgan fingerprint density at radius 2 is 1.82 bits per heavy atom. The van der Waals surface area contributed by atoms with E-state index in [-0.39, 0.29) is 17.1 Å². The largest absolute Gasteiger partial charge is 0.497 e. The van der Waals surface area contributed by atoms with Crippen LogP contribution in [0.5, 0.6) is 5.75 Å². The quantitative estimate of drug-likeness (QED) is 0.525. The van der Waals surface area contributed by atoms with Gasteiger partial charge in [-0.15, -0.1) is 0 Å². The van der Waals surface area contributed by atoms with E-state index >= 15 is 0 Å². The van der Waals surface area contributed by atoms with E-state index < -0.39 is 5.97 Å². The Labute approximate surface area is 172 Å². The number of benzene rings is 2. The molecule has 1 aliphatic heterocycles. The van der Waals surface area contributed by atoms with Crippen LogP contribution in [0.25, 0.3) is 6.08 Å². The van der Waals surface area contributed by atoms with E-state index in [1.165, 1.54) is 12.0 Å². The monoisotopic (exact) mass is 417 g/mol. The molecule has 0 saturated carbocycles. The molecule has 0 atom stereocenters. The highest BCUT2D eigenvalue weighted by molar-refractivity contribution is 6.43. The molecule has 2 aromatic carbocycles. The fraction of sp³-hybridized carbons (Fsp3) is 0.143. The minimum absolute atomic E-state index is 0.173. The predicted octanol–water partition coefficient (Wildman–Crippen LogP) is 4.88. The molecule has 1 aliphatic rings. The van der Waals surface area contributed by atoms with Crippen LogP contribution in [0.1, 0.15) is 12.5 Å². The molecule has 0 N–H and O–H groups in total. The maximum absolute atomic E-state index is 13.2. The van der Waals surface area contributed by atoms with Crippen LogP contribution >= 0.6 is 23.2 Å². The number of anilines is 1. The van der Waals surface area contributed by atoms with Crippen molar-refractivity contribution in [1.29, 1.82) is 0 Å². The molecule has 0 bridgehead atoms. The molecule has 1 heterocycles. The number of carbonyl (C=O) groups excluding carboxylic acids is 2. The second kappa shape index (κ2) is 8.09. The summed E-state index contributed by atoms with van der Waals surface area (Å²) in [6.07, 6.45) is 1.55. The van der Waals surface area contributed by atoms with Gasteiger partial charge < -0.3 is 9.47 Å². The number of esters is 1. The van der Waals surface area contributed by atoms with Crippen molar-refractivity contribution in [3.63, 3.8) is 0 Å². The minimum atomic E-state index is -0.611. The maximum Gasteiger partial charge on any atom is 0.340 e. The Hall–Kier alpha value is -2.76. The third kappa shape index (κ3) is 3.51. The van der Waals surface area contributed by atoms with Crippen molar-refractivity contribution >= 4 is 46.8 Å². The first-order valence-electron chi connectivity index (χ1n) is 8.32. The first-order valence-corrected chi connectivity index (χ1v) is 9.08. The zero-order chi connectivity index (χ0) is 20.4. The smallest absolute Gasteiger partial charge is 0.340 e. The van der Waals surface area contributed by atoms with Crippen molar-refractivity contribution in [1.82, 2.24) is 0 Å². The summed E-state index contributed by atoms with van der Waals surface area (Å²) in [5.74, 6) is -0.393. The van der Waals surface area contributed by atoms with Crippen molar-refractivity contribution in [2.45, 2.75) is 6.92 Å². The SMILES string of the molecule is COC(=O)C1=C(C)N(c2cccc(OC)c2)C(=O)/C1=C\c1cccc(Cl)c1Cl. The van der Waals surface area contributed by atoms with Gasteiger partial charge >= 0.3 is 5.97 Å². The van der Waals surface area contributed by atoms with Gasteiger partial charge in [0.2, 0.25) is 0 Å². The summed E-state index contributed by atoms with van der Waals surface area (Å²) in [6.45, 7) is 1.68. The molecule has 5 nitrogen and oxygen atoms in total. The lowest BCUT2D eigenvalue weighted by Crippen LogP contribution is -2.24. The molecule has 144 valence electrons. The zero-order valence-electron chi connectivity index (χ0n) is 15.5. The van der Waals surface area contributed by atoms with Crippen LogP contribution in [0.2, 0.25) is 10.0 Å². The molecule has 0 radical (unpaired) electrons. The van der Waals surface area contributed by atoms with E-state index in [0.717, 1.165) is 0 Å². The molecule has 3 rings (SSSR count). The Balaban J connectivity index is 2.18. The maximum atomic E-state index is 13.2. The highest BCUT2D eigenvalue weighted by Crippen LogP contribution is 2.37. The van der Waals surface area contributed by atoms with Crippen molar-refractivity contribution in [3.8, 4) is 5.75 Å². The average Bonchev–Trinajstić information content (AvgIpc) is 2.94. The number of amides is 1. The fourth-order valence-corrected chi connectivity index (χ4v) is 3.39. The first-order chi connectivity index (χ1) is 13.4. The van der Waals surface area contributed by atoms with E-state index in [0.29, 0.717) is 32.7 Å². The second-order valence-corrected chi connectivity index (χ2v) is 6.78. The first kappa shape index (κ1) is 20.0. The molecule has 2 aromatic rings. The topological polar surface area (TPSA) is 55.8 Å². The Bertz CT molecular complexity index is 1030. The lowest BCUT2D eigenvalue weighted by molar-refractivity contribution is -0.136. The molecule has 0 aliphatic carbocycles. The third-order valence-electron chi connectivity index (χ3n) is 4.38. The second-order valence-electron chi connectivity index (χ2n) is 6.00. The van der Waals surface area contributed by atoms with Gasteiger partial charge in [0, 0.05) is 11.8 Å². The molecule has 0 saturated heterocycles. The van der Waals surface area contributed by atoms with E-state index in [1.807, 2.05) is 0 Å². The molecule has 7 heteroatoms. The Kier molecular flexibility index (Phi) is 5.77. The summed E-state index contributed by atoms with van der Waals surface area (Å²) in [5.41, 5.74) is 1.90. The van der Waals surface area contributed by atoms with Gasteiger partial charge in [0.05, 0.1) is 41.1 Å². The lowest BCUT2D eigenvalue weighted by Gasteiger charge is -2.18. The zero-order valence-corrected chi connectivity index (χ0v) is 17.0. The van der Waals surface area contributed by atoms with Gasteiger partial charge in [0.1, 0.15) is 5.75 Å². The molecule has 0 spiro atoms. The van der Waals surface area contributed by atoms with Gasteiger partial charge in [-0.2, -0.15) is 0 Å². The van der Waals surface area contributed by atoms with E-state index in [1.54, 1.807) is 62.6 Å². The molecule has 0 unspecified atom stereocenters. The van der Waals surface area contributed by atoms with Gasteiger partial charge in [0.15, 0.2) is 0 Å². The highest BCUT2D eigenvalue weighted by atomic mass is 35.5. The van der Waals surface area contributed by atoms with E-state index in [9.17, 15) is 9.59 Å². The van der Waals surface area contributed by atoms with Crippen LogP contribution in [0.4, 0.5) is 5.69 Å². The number of ether oxygens (including phenoxy) is 2. The van der Waals surface area contributed by atoms with Gasteiger partial charge in [-0.05, 0) is 36.8 Å². The summed E-state index contributed by atoms with van der Waals surface area (Å²) in [6, 6.07) is 12.1. The van der Waals surface area contributed by atoms with Crippen LogP contribution in [0.3, 0.4) is 0 Å². The fourth-order valence-electron chi connectivity index (χ4n) is 3.03. The van der Waals surface area contributed by atoms with E-state index in [2.05, 4.69) is 0 Å². The lowest BCUT2D eigenvalue weighted by atomic mass is 10.0. The Morgan fingerprint density at radius 1 is 1.11 bits per heavy atom. The van der Waals surface area contributed by atoms with Crippen molar-refractivity contribution < 1.29 is 19.1 Å². The number of carbonyl (C=O) groups is 2. The molecule has 28 heavy (non-hydrogen) atoms. The summed E-state index contributed by atoms with van der Waals surface area (Å²) < 4.78 is 10.1. The van der Waals surface area contributed by atoms with Crippen LogP contribution < -0.4 is 9.64 Å². The van der Waals surface area contributed by atoms with Crippen LogP contribution in [0.15, 0.2) is 59.3 Å². The van der Waals surface area contributed by atoms with Gasteiger partial charge in [0.25, 0.3) is 5.91 Å². The summed E-state index contributed by atoms with van der Waals surface area (Å²) >= 11 is 12.3. The van der Waals surface area contributed by atoms with Gasteiger partial charge in [-0.1, -0.05) is 41.4 Å². The number of methoxy groups -OCH3 is 2. The third-order valence-corrected chi connectivity index (χ3v) is 5.22. The molecule has 1 amide bonds. The molecular weight excluding hydrogens is 401 g/mol. The van der Waals surface area contributed by atoms with Gasteiger partial charge in [-0.25, -0.2) is 4.79 Å². The Morgan fingerprint density at radius 3 is 2.50 bits per heavy atom. The summed E-state index contributed by atoms with van der Waals surface area (Å²) in [5, 5.41) is 0.651. The predicted molar refractivity (Wildman–Crippen MR) is 110 cm³/mol. The van der Waals surface area contributed by atoms with Crippen LogP contribution in [-0.4, -0.2) is 26.1 Å². The number of allylic oxidation sites excluding steroid dienone is 1. The van der Waals surface area contributed by atoms with Crippen LogP contribution in [0, 0.1) is 0 Å². The van der Waals surface area contributed by atoms with Crippen molar-refractivity contribution in [2.24, 2.45) is 0 Å². The molecular formula is C21H17Cl2NO4. The van der Waals surface area contributed by atoms with E-state index in [4.69, 9.17) is 32.7 Å². The number of hydrogen-bond donors (Lipinski definition) is 0. The average molecular weight is 418 g/mol. The number of hydrogen-bond acceptors (Lipinski definition) is 4. The number of rotatable bonds is 4. The number of nitrogens with zero attached hydrogens (tertiary/aromatic N) is 1. The standard InChI is InChI=1S/C21H17Cl2NO4/c1-12-18(21(26)28-3)16(10-13-6-4-9-17(22)19(13)23)20(25)24(12)14-7-5-8-15(11-14)27-2/h4-11H,1-3H3/b16-10-. The minimum Gasteiger partial charge on any atom is -0.497 e. The van der Waals surface area contributed by atoms with Crippen LogP contribution in [-0.2, 0) is 14.3 Å². The molecule has 0 aromatic heterocycles. The summed E-state index contributed by atoms with van der Waals surface area (Å²) in [7, 11) is 2.81. The normalized spacial score (nSPS) is 15.4.